The third-order valence-corrected chi connectivity index (χ3v) is 3.71. The molecule has 0 heterocycles. The van der Waals surface area contributed by atoms with E-state index in [0.717, 1.165) is 0 Å². The van der Waals surface area contributed by atoms with Gasteiger partial charge in [-0.15, -0.1) is 0 Å². The fourth-order valence-corrected chi connectivity index (χ4v) is 2.45. The van der Waals surface area contributed by atoms with Crippen LogP contribution < -0.4 is 21.5 Å². The number of nitrogens with two attached hydrogens (primary N) is 2. The lowest BCUT2D eigenvalue weighted by Crippen LogP contribution is -2.15. The number of hydrogen-bond acceptors (Lipinski definition) is 6. The number of ether oxygens (including phenoxy) is 1. The number of amides is 1. The lowest BCUT2D eigenvalue weighted by atomic mass is 10.1. The predicted molar refractivity (Wildman–Crippen MR) is 103 cm³/mol. The summed E-state index contributed by atoms with van der Waals surface area (Å²) in [6, 6.07) is 17.1. The molecule has 0 aliphatic heterocycles. The van der Waals surface area contributed by atoms with E-state index in [2.05, 4.69) is 5.32 Å². The molecule has 0 aliphatic rings. The molecule has 1 amide bonds. The second-order valence-corrected chi connectivity index (χ2v) is 5.65. The molecule has 3 rings (SSSR count). The summed E-state index contributed by atoms with van der Waals surface area (Å²) in [5.74, 6) is 0.102. The first-order valence-corrected chi connectivity index (χ1v) is 7.92. The second-order valence-electron chi connectivity index (χ2n) is 5.65. The zero-order chi connectivity index (χ0) is 19.4. The second kappa shape index (κ2) is 7.44. The Morgan fingerprint density at radius 3 is 2.37 bits per heavy atom. The standard InChI is InChI=1S/C19H16N4O4/c20-12-3-1-4-13(11-12)22-19(24)18-16(21)5-2-6-17(18)27-15-9-7-14(8-10-15)23(25)26/h1-11H,20-21H2,(H,22,24). The van der Waals surface area contributed by atoms with Crippen LogP contribution in [0.3, 0.4) is 0 Å². The zero-order valence-electron chi connectivity index (χ0n) is 14.1. The van der Waals surface area contributed by atoms with E-state index in [9.17, 15) is 14.9 Å². The number of anilines is 3. The molecule has 3 aromatic carbocycles. The molecule has 0 radical (unpaired) electrons. The third kappa shape index (κ3) is 4.13. The van der Waals surface area contributed by atoms with Crippen LogP contribution in [-0.4, -0.2) is 10.8 Å². The average molecular weight is 364 g/mol. The normalized spacial score (nSPS) is 10.2. The maximum absolute atomic E-state index is 12.7. The van der Waals surface area contributed by atoms with Crippen molar-refractivity contribution in [2.24, 2.45) is 0 Å². The van der Waals surface area contributed by atoms with Crippen LogP contribution in [-0.2, 0) is 0 Å². The van der Waals surface area contributed by atoms with Gasteiger partial charge < -0.3 is 21.5 Å². The van der Waals surface area contributed by atoms with Crippen LogP contribution in [0.5, 0.6) is 11.5 Å². The Morgan fingerprint density at radius 1 is 1.00 bits per heavy atom. The van der Waals surface area contributed by atoms with Crippen LogP contribution in [0.4, 0.5) is 22.7 Å². The highest BCUT2D eigenvalue weighted by Gasteiger charge is 2.17. The summed E-state index contributed by atoms with van der Waals surface area (Å²) in [6.07, 6.45) is 0. The number of rotatable bonds is 5. The highest BCUT2D eigenvalue weighted by Crippen LogP contribution is 2.31. The van der Waals surface area contributed by atoms with E-state index in [-0.39, 0.29) is 22.7 Å². The molecule has 0 aliphatic carbocycles. The maximum atomic E-state index is 12.7. The summed E-state index contributed by atoms with van der Waals surface area (Å²) >= 11 is 0. The molecule has 5 N–H and O–H groups in total. The van der Waals surface area contributed by atoms with Crippen LogP contribution in [0, 0.1) is 10.1 Å². The van der Waals surface area contributed by atoms with Gasteiger partial charge in [0.1, 0.15) is 17.1 Å². The van der Waals surface area contributed by atoms with Gasteiger partial charge in [0.25, 0.3) is 11.6 Å². The van der Waals surface area contributed by atoms with Crippen molar-refractivity contribution in [1.82, 2.24) is 0 Å². The van der Waals surface area contributed by atoms with E-state index in [1.165, 1.54) is 24.3 Å². The van der Waals surface area contributed by atoms with Gasteiger partial charge in [0.15, 0.2) is 0 Å². The topological polar surface area (TPSA) is 134 Å². The largest absolute Gasteiger partial charge is 0.456 e. The van der Waals surface area contributed by atoms with Crippen LogP contribution in [0.1, 0.15) is 10.4 Å². The molecular formula is C19H16N4O4. The lowest BCUT2D eigenvalue weighted by Gasteiger charge is -2.13. The average Bonchev–Trinajstić information content (AvgIpc) is 2.62. The Kier molecular flexibility index (Phi) is 4.89. The molecule has 27 heavy (non-hydrogen) atoms. The predicted octanol–water partition coefficient (Wildman–Crippen LogP) is 3.80. The van der Waals surface area contributed by atoms with E-state index in [4.69, 9.17) is 16.2 Å². The molecule has 0 saturated heterocycles. The molecule has 0 unspecified atom stereocenters. The number of carbonyl (C=O) groups is 1. The molecule has 0 fully saturated rings. The van der Waals surface area contributed by atoms with Crippen LogP contribution in [0.2, 0.25) is 0 Å². The number of nitro benzene ring substituents is 1. The number of nitrogens with one attached hydrogen (secondary N) is 1. The molecular weight excluding hydrogens is 348 g/mol. The van der Waals surface area contributed by atoms with Crippen LogP contribution in [0.15, 0.2) is 66.7 Å². The van der Waals surface area contributed by atoms with Gasteiger partial charge in [-0.1, -0.05) is 12.1 Å². The summed E-state index contributed by atoms with van der Waals surface area (Å²) in [4.78, 5) is 22.9. The van der Waals surface area contributed by atoms with Crippen molar-refractivity contribution in [1.29, 1.82) is 0 Å². The van der Waals surface area contributed by atoms with Gasteiger partial charge in [0.2, 0.25) is 0 Å². The number of hydrogen-bond donors (Lipinski definition) is 3. The highest BCUT2D eigenvalue weighted by molar-refractivity contribution is 6.10. The minimum absolute atomic E-state index is 0.0606. The molecule has 136 valence electrons. The summed E-state index contributed by atoms with van der Waals surface area (Å²) in [6.45, 7) is 0. The Morgan fingerprint density at radius 2 is 1.70 bits per heavy atom. The monoisotopic (exact) mass is 364 g/mol. The number of carbonyl (C=O) groups excluding carboxylic acids is 1. The molecule has 0 spiro atoms. The van der Waals surface area contributed by atoms with E-state index in [1.807, 2.05) is 0 Å². The molecule has 0 aromatic heterocycles. The molecule has 0 saturated carbocycles. The van der Waals surface area contributed by atoms with Crippen LogP contribution in [0.25, 0.3) is 0 Å². The summed E-state index contributed by atoms with van der Waals surface area (Å²) in [7, 11) is 0. The Labute approximate surface area is 154 Å². The summed E-state index contributed by atoms with van der Waals surface area (Å²) in [5, 5.41) is 13.5. The SMILES string of the molecule is Nc1cccc(NC(=O)c2c(N)cccc2Oc2ccc([N+](=O)[O-])cc2)c1. The number of non-ortho nitro benzene ring substituents is 1. The zero-order valence-corrected chi connectivity index (χ0v) is 14.1. The van der Waals surface area contributed by atoms with Crippen molar-refractivity contribution in [3.63, 3.8) is 0 Å². The van der Waals surface area contributed by atoms with Gasteiger partial charge in [-0.3, -0.25) is 14.9 Å². The molecule has 0 bridgehead atoms. The van der Waals surface area contributed by atoms with E-state index in [0.29, 0.717) is 17.1 Å². The fourth-order valence-electron chi connectivity index (χ4n) is 2.45. The van der Waals surface area contributed by atoms with E-state index < -0.39 is 10.8 Å². The van der Waals surface area contributed by atoms with Crippen molar-refractivity contribution >= 4 is 28.7 Å². The Balaban J connectivity index is 1.87. The van der Waals surface area contributed by atoms with Crippen molar-refractivity contribution in [3.8, 4) is 11.5 Å². The number of benzene rings is 3. The Bertz CT molecular complexity index is 1000. The van der Waals surface area contributed by atoms with Crippen molar-refractivity contribution < 1.29 is 14.5 Å². The quantitative estimate of drug-likeness (QED) is 0.358. The third-order valence-electron chi connectivity index (χ3n) is 3.71. The van der Waals surface area contributed by atoms with Gasteiger partial charge in [-0.05, 0) is 42.5 Å². The minimum Gasteiger partial charge on any atom is -0.456 e. The summed E-state index contributed by atoms with van der Waals surface area (Å²) < 4.78 is 5.72. The first-order valence-electron chi connectivity index (χ1n) is 7.92. The van der Waals surface area contributed by atoms with Gasteiger partial charge in [0, 0.05) is 29.2 Å². The Hall–Kier alpha value is -4.07. The van der Waals surface area contributed by atoms with Gasteiger partial charge in [0.05, 0.1) is 4.92 Å². The van der Waals surface area contributed by atoms with Crippen molar-refractivity contribution in [3.05, 3.63) is 82.4 Å². The molecule has 8 heteroatoms. The first kappa shape index (κ1) is 17.7. The number of nitro groups is 1. The minimum atomic E-state index is -0.505. The van der Waals surface area contributed by atoms with Gasteiger partial charge in [-0.25, -0.2) is 0 Å². The van der Waals surface area contributed by atoms with Gasteiger partial charge in [-0.2, -0.15) is 0 Å². The molecule has 8 nitrogen and oxygen atoms in total. The highest BCUT2D eigenvalue weighted by atomic mass is 16.6. The van der Waals surface area contributed by atoms with E-state index in [1.54, 1.807) is 42.5 Å². The van der Waals surface area contributed by atoms with Crippen molar-refractivity contribution in [2.45, 2.75) is 0 Å². The van der Waals surface area contributed by atoms with Crippen molar-refractivity contribution in [2.75, 3.05) is 16.8 Å². The number of nitrogens with zero attached hydrogens (tertiary/aromatic N) is 1. The maximum Gasteiger partial charge on any atom is 0.269 e. The van der Waals surface area contributed by atoms with E-state index >= 15 is 0 Å². The first-order chi connectivity index (χ1) is 12.9. The lowest BCUT2D eigenvalue weighted by molar-refractivity contribution is -0.384. The molecule has 3 aromatic rings. The molecule has 0 atom stereocenters. The smallest absolute Gasteiger partial charge is 0.269 e. The fraction of sp³-hybridized carbons (Fsp3) is 0. The number of nitrogen functional groups attached to an aromatic ring is 2. The van der Waals surface area contributed by atoms with Crippen LogP contribution >= 0.6 is 0 Å². The summed E-state index contributed by atoms with van der Waals surface area (Å²) in [5.41, 5.74) is 13.0. The van der Waals surface area contributed by atoms with Gasteiger partial charge >= 0.3 is 0 Å².